The molecule has 20 heavy (non-hydrogen) atoms. The van der Waals surface area contributed by atoms with Gasteiger partial charge in [0.25, 0.3) is 0 Å². The maximum Gasteiger partial charge on any atom is 0.237 e. The molecule has 0 bridgehead atoms. The molecule has 3 nitrogen and oxygen atoms in total. The number of halogens is 1. The normalized spacial score (nSPS) is 29.8. The third-order valence-corrected chi connectivity index (χ3v) is 6.51. The smallest absolute Gasteiger partial charge is 0.237 e. The molecular formula is C15H21BrN2OS. The average Bonchev–Trinajstić information content (AvgIpc) is 2.89. The molecule has 110 valence electrons. The van der Waals surface area contributed by atoms with Crippen molar-refractivity contribution in [3.05, 3.63) is 20.8 Å². The van der Waals surface area contributed by atoms with E-state index >= 15 is 0 Å². The number of amides is 1. The van der Waals surface area contributed by atoms with Gasteiger partial charge in [-0.1, -0.05) is 12.8 Å². The van der Waals surface area contributed by atoms with Gasteiger partial charge >= 0.3 is 0 Å². The number of thiophene rings is 1. The van der Waals surface area contributed by atoms with Gasteiger partial charge < -0.3 is 10.6 Å². The van der Waals surface area contributed by atoms with Gasteiger partial charge in [-0.3, -0.25) is 4.79 Å². The third kappa shape index (κ3) is 3.26. The zero-order valence-corrected chi connectivity index (χ0v) is 13.9. The van der Waals surface area contributed by atoms with Crippen LogP contribution in [0, 0.1) is 5.92 Å². The molecule has 5 heteroatoms. The summed E-state index contributed by atoms with van der Waals surface area (Å²) in [5.41, 5.74) is 0. The van der Waals surface area contributed by atoms with E-state index in [0.29, 0.717) is 12.6 Å². The molecule has 0 spiro atoms. The van der Waals surface area contributed by atoms with Crippen LogP contribution in [0.25, 0.3) is 0 Å². The van der Waals surface area contributed by atoms with Crippen LogP contribution < -0.4 is 10.6 Å². The number of carbonyl (C=O) groups excluding carboxylic acids is 1. The summed E-state index contributed by atoms with van der Waals surface area (Å²) >= 11 is 5.18. The minimum absolute atomic E-state index is 0.00749. The largest absolute Gasteiger partial charge is 0.350 e. The summed E-state index contributed by atoms with van der Waals surface area (Å²) in [6.07, 6.45) is 7.45. The quantitative estimate of drug-likeness (QED) is 0.870. The lowest BCUT2D eigenvalue weighted by Crippen LogP contribution is -2.54. The summed E-state index contributed by atoms with van der Waals surface area (Å²) in [5.74, 6) is 0.966. The van der Waals surface area contributed by atoms with E-state index in [0.717, 1.165) is 16.8 Å². The maximum absolute atomic E-state index is 12.3. The Morgan fingerprint density at radius 1 is 1.35 bits per heavy atom. The third-order valence-electron chi connectivity index (χ3n) is 4.58. The van der Waals surface area contributed by atoms with Crippen LogP contribution in [-0.2, 0) is 11.3 Å². The molecule has 1 saturated heterocycles. The van der Waals surface area contributed by atoms with Gasteiger partial charge in [0.1, 0.15) is 0 Å². The van der Waals surface area contributed by atoms with Crippen LogP contribution >= 0.6 is 27.3 Å². The molecule has 1 amide bonds. The van der Waals surface area contributed by atoms with Gasteiger partial charge in [-0.25, -0.2) is 0 Å². The lowest BCUT2D eigenvalue weighted by atomic mass is 9.77. The predicted molar refractivity (Wildman–Crippen MR) is 85.8 cm³/mol. The van der Waals surface area contributed by atoms with Gasteiger partial charge in [0, 0.05) is 15.4 Å². The molecule has 1 saturated carbocycles. The summed E-state index contributed by atoms with van der Waals surface area (Å²) in [7, 11) is 0. The number of rotatable bonds is 3. The number of carbonyl (C=O) groups is 1. The molecule has 1 aromatic rings. The van der Waals surface area contributed by atoms with Crippen LogP contribution in [0.1, 0.15) is 43.4 Å². The van der Waals surface area contributed by atoms with Gasteiger partial charge in [0.15, 0.2) is 0 Å². The highest BCUT2D eigenvalue weighted by Crippen LogP contribution is 2.32. The van der Waals surface area contributed by atoms with Crippen molar-refractivity contribution in [2.24, 2.45) is 5.92 Å². The van der Waals surface area contributed by atoms with Crippen molar-refractivity contribution in [2.75, 3.05) is 0 Å². The van der Waals surface area contributed by atoms with Crippen LogP contribution in [0.5, 0.6) is 0 Å². The standard InChI is InChI=1S/C15H21BrN2OS/c16-11-7-8-20-14(11)9-17-15(19)13-6-5-10-3-1-2-4-12(10)18-13/h7-8,10,12-13,18H,1-6,9H2,(H,17,19). The van der Waals surface area contributed by atoms with Crippen molar-refractivity contribution in [3.8, 4) is 0 Å². The Bertz CT molecular complexity index is 476. The van der Waals surface area contributed by atoms with Crippen molar-refractivity contribution in [3.63, 3.8) is 0 Å². The van der Waals surface area contributed by atoms with E-state index in [9.17, 15) is 4.79 Å². The number of nitrogens with one attached hydrogen (secondary N) is 2. The molecular weight excluding hydrogens is 336 g/mol. The minimum Gasteiger partial charge on any atom is -0.350 e. The molecule has 3 unspecified atom stereocenters. The second-order valence-corrected chi connectivity index (χ2v) is 7.71. The van der Waals surface area contributed by atoms with Gasteiger partial charge in [-0.05, 0) is 59.0 Å². The fraction of sp³-hybridized carbons (Fsp3) is 0.667. The number of piperidine rings is 1. The number of hydrogen-bond acceptors (Lipinski definition) is 3. The van der Waals surface area contributed by atoms with E-state index in [4.69, 9.17) is 0 Å². The van der Waals surface area contributed by atoms with Gasteiger partial charge in [0.2, 0.25) is 5.91 Å². The fourth-order valence-electron chi connectivity index (χ4n) is 3.44. The second kappa shape index (κ2) is 6.58. The molecule has 2 fully saturated rings. The zero-order valence-electron chi connectivity index (χ0n) is 11.5. The molecule has 1 aromatic heterocycles. The van der Waals surface area contributed by atoms with Crippen LogP contribution in [-0.4, -0.2) is 18.0 Å². The maximum atomic E-state index is 12.3. The first-order valence-corrected chi connectivity index (χ1v) is 9.17. The molecule has 0 radical (unpaired) electrons. The summed E-state index contributed by atoms with van der Waals surface area (Å²) < 4.78 is 1.09. The highest BCUT2D eigenvalue weighted by atomic mass is 79.9. The monoisotopic (exact) mass is 356 g/mol. The summed E-state index contributed by atoms with van der Waals surface area (Å²) in [6.45, 7) is 0.628. The molecule has 3 rings (SSSR count). The summed E-state index contributed by atoms with van der Waals surface area (Å²) in [5, 5.41) is 8.69. The van der Waals surface area contributed by atoms with Crippen LogP contribution in [0.4, 0.5) is 0 Å². The Kier molecular flexibility index (Phi) is 4.79. The molecule has 2 aliphatic rings. The van der Waals surface area contributed by atoms with E-state index in [2.05, 4.69) is 26.6 Å². The lowest BCUT2D eigenvalue weighted by Gasteiger charge is -2.39. The Morgan fingerprint density at radius 3 is 3.00 bits per heavy atom. The van der Waals surface area contributed by atoms with E-state index in [-0.39, 0.29) is 11.9 Å². The predicted octanol–water partition coefficient (Wildman–Crippen LogP) is 3.44. The molecule has 1 aliphatic heterocycles. The Hall–Kier alpha value is -0.390. The van der Waals surface area contributed by atoms with Crippen molar-refractivity contribution in [1.29, 1.82) is 0 Å². The molecule has 2 N–H and O–H groups in total. The molecule has 3 atom stereocenters. The Balaban J connectivity index is 1.51. The van der Waals surface area contributed by atoms with Crippen molar-refractivity contribution in [1.82, 2.24) is 10.6 Å². The van der Waals surface area contributed by atoms with Crippen LogP contribution in [0.15, 0.2) is 15.9 Å². The minimum atomic E-state index is 0.00749. The first-order chi connectivity index (χ1) is 9.74. The Morgan fingerprint density at radius 2 is 2.20 bits per heavy atom. The highest BCUT2D eigenvalue weighted by molar-refractivity contribution is 9.10. The highest BCUT2D eigenvalue weighted by Gasteiger charge is 2.34. The van der Waals surface area contributed by atoms with Gasteiger partial charge in [-0.2, -0.15) is 0 Å². The first kappa shape index (κ1) is 14.5. The molecule has 0 aromatic carbocycles. The fourth-order valence-corrected chi connectivity index (χ4v) is 4.88. The van der Waals surface area contributed by atoms with Crippen molar-refractivity contribution in [2.45, 2.75) is 57.2 Å². The van der Waals surface area contributed by atoms with Crippen LogP contribution in [0.3, 0.4) is 0 Å². The van der Waals surface area contributed by atoms with Crippen molar-refractivity contribution >= 4 is 33.2 Å². The zero-order chi connectivity index (χ0) is 13.9. The number of hydrogen-bond donors (Lipinski definition) is 2. The van der Waals surface area contributed by atoms with E-state index in [1.807, 2.05) is 11.4 Å². The van der Waals surface area contributed by atoms with Crippen molar-refractivity contribution < 1.29 is 4.79 Å². The first-order valence-electron chi connectivity index (χ1n) is 7.49. The van der Waals surface area contributed by atoms with Gasteiger partial charge in [-0.15, -0.1) is 11.3 Å². The summed E-state index contributed by atoms with van der Waals surface area (Å²) in [4.78, 5) is 13.5. The van der Waals surface area contributed by atoms with Crippen LogP contribution in [0.2, 0.25) is 0 Å². The molecule has 1 aliphatic carbocycles. The Labute approximate surface area is 132 Å². The van der Waals surface area contributed by atoms with E-state index in [1.165, 1.54) is 37.0 Å². The van der Waals surface area contributed by atoms with Gasteiger partial charge in [0.05, 0.1) is 12.6 Å². The van der Waals surface area contributed by atoms with E-state index in [1.54, 1.807) is 11.3 Å². The lowest BCUT2D eigenvalue weighted by molar-refractivity contribution is -0.124. The second-order valence-electron chi connectivity index (χ2n) is 5.86. The SMILES string of the molecule is O=C(NCc1sccc1Br)C1CCC2CCCCC2N1. The summed E-state index contributed by atoms with van der Waals surface area (Å²) in [6, 6.07) is 2.60. The molecule has 2 heterocycles. The number of fused-ring (bicyclic) bond motifs is 1. The topological polar surface area (TPSA) is 41.1 Å². The average molecular weight is 357 g/mol. The van der Waals surface area contributed by atoms with E-state index < -0.39 is 0 Å².